The number of nitrogens with one attached hydrogen (secondary N) is 2. The molecule has 1 aliphatic carbocycles. The van der Waals surface area contributed by atoms with Crippen LogP contribution in [0.25, 0.3) is 0 Å². The number of fused-ring (bicyclic) bond motifs is 1. The highest BCUT2D eigenvalue weighted by atomic mass is 16.3. The van der Waals surface area contributed by atoms with E-state index in [0.717, 1.165) is 25.2 Å². The molecule has 1 fully saturated rings. The van der Waals surface area contributed by atoms with E-state index >= 15 is 0 Å². The highest BCUT2D eigenvalue weighted by Gasteiger charge is 2.56. The molecule has 180 valence electrons. The third kappa shape index (κ3) is 4.76. The number of rotatable bonds is 9. The number of carbonyl (C=O) groups excluding carboxylic acids is 3. The van der Waals surface area contributed by atoms with Crippen LogP contribution in [-0.2, 0) is 14.4 Å². The summed E-state index contributed by atoms with van der Waals surface area (Å²) in [6, 6.07) is 6.86. The number of amides is 3. The standard InChI is InChI=1S/C25H36N4O4/c1-5-16-8-13-19-21(20(16)23(31)26-4)25(33)29(14-15-30)22(19)24(32)27-17-9-11-18(12-10-17)28(6-2)7-3/h8-13,16,19-22,30H,5-7,14-15H2,1-4H3,(H,26,31)(H,27,32)/t16-,19+,20-,21+,22+/m1/s1. The molecule has 0 bridgehead atoms. The molecule has 1 heterocycles. The summed E-state index contributed by atoms with van der Waals surface area (Å²) in [6.45, 7) is 7.76. The fraction of sp³-hybridized carbons (Fsp3) is 0.560. The molecule has 1 aromatic carbocycles. The van der Waals surface area contributed by atoms with E-state index in [4.69, 9.17) is 0 Å². The van der Waals surface area contributed by atoms with E-state index in [9.17, 15) is 19.5 Å². The minimum absolute atomic E-state index is 0.0515. The average molecular weight is 457 g/mol. The Labute approximate surface area is 196 Å². The van der Waals surface area contributed by atoms with Crippen molar-refractivity contribution in [1.29, 1.82) is 0 Å². The molecule has 3 rings (SSSR count). The fourth-order valence-corrected chi connectivity index (χ4v) is 5.32. The second kappa shape index (κ2) is 10.8. The summed E-state index contributed by atoms with van der Waals surface area (Å²) in [4.78, 5) is 43.2. The predicted octanol–water partition coefficient (Wildman–Crippen LogP) is 1.86. The lowest BCUT2D eigenvalue weighted by atomic mass is 9.69. The summed E-state index contributed by atoms with van der Waals surface area (Å²) >= 11 is 0. The van der Waals surface area contributed by atoms with Crippen molar-refractivity contribution in [3.05, 3.63) is 36.4 Å². The van der Waals surface area contributed by atoms with E-state index < -0.39 is 23.8 Å². The lowest BCUT2D eigenvalue weighted by Crippen LogP contribution is -2.45. The summed E-state index contributed by atoms with van der Waals surface area (Å²) in [5.41, 5.74) is 1.72. The maximum atomic E-state index is 13.4. The Morgan fingerprint density at radius 1 is 1.06 bits per heavy atom. The number of aliphatic hydroxyl groups is 1. The highest BCUT2D eigenvalue weighted by Crippen LogP contribution is 2.45. The third-order valence-corrected chi connectivity index (χ3v) is 7.01. The van der Waals surface area contributed by atoms with E-state index in [1.54, 1.807) is 7.05 Å². The number of nitrogens with zero attached hydrogens (tertiary/aromatic N) is 2. The first-order chi connectivity index (χ1) is 15.9. The van der Waals surface area contributed by atoms with Crippen molar-refractivity contribution in [2.24, 2.45) is 23.7 Å². The molecule has 0 radical (unpaired) electrons. The molecule has 5 atom stereocenters. The van der Waals surface area contributed by atoms with Gasteiger partial charge >= 0.3 is 0 Å². The van der Waals surface area contributed by atoms with E-state index in [-0.39, 0.29) is 36.8 Å². The van der Waals surface area contributed by atoms with Gasteiger partial charge in [-0.3, -0.25) is 14.4 Å². The summed E-state index contributed by atoms with van der Waals surface area (Å²) in [5, 5.41) is 15.2. The fourth-order valence-electron chi connectivity index (χ4n) is 5.32. The molecule has 0 aromatic heterocycles. The molecular weight excluding hydrogens is 420 g/mol. The quantitative estimate of drug-likeness (QED) is 0.493. The van der Waals surface area contributed by atoms with Crippen molar-refractivity contribution in [3.8, 4) is 0 Å². The minimum Gasteiger partial charge on any atom is -0.395 e. The van der Waals surface area contributed by atoms with E-state index in [2.05, 4.69) is 29.4 Å². The lowest BCUT2D eigenvalue weighted by molar-refractivity contribution is -0.140. The number of anilines is 2. The Balaban J connectivity index is 1.88. The zero-order valence-electron chi connectivity index (χ0n) is 20.0. The van der Waals surface area contributed by atoms with E-state index in [1.165, 1.54) is 4.90 Å². The maximum absolute atomic E-state index is 13.4. The number of benzene rings is 1. The molecule has 0 spiro atoms. The lowest BCUT2D eigenvalue weighted by Gasteiger charge is -2.33. The van der Waals surface area contributed by atoms with E-state index in [1.807, 2.05) is 43.3 Å². The van der Waals surface area contributed by atoms with Gasteiger partial charge in [-0.05, 0) is 50.5 Å². The maximum Gasteiger partial charge on any atom is 0.247 e. The molecular formula is C25H36N4O4. The van der Waals surface area contributed by atoms with Crippen LogP contribution in [0.5, 0.6) is 0 Å². The molecule has 1 saturated heterocycles. The van der Waals surface area contributed by atoms with Gasteiger partial charge in [-0.25, -0.2) is 0 Å². The third-order valence-electron chi connectivity index (χ3n) is 7.01. The first-order valence-corrected chi connectivity index (χ1v) is 11.9. The number of β-amino-alcohol motifs (C(OH)–C–C–N with tert-alkyl or cyclic N) is 1. The summed E-state index contributed by atoms with van der Waals surface area (Å²) in [5.74, 6) is -2.39. The highest BCUT2D eigenvalue weighted by molar-refractivity contribution is 6.02. The number of aliphatic hydroxyl groups excluding tert-OH is 1. The first-order valence-electron chi connectivity index (χ1n) is 11.9. The first kappa shape index (κ1) is 24.8. The van der Waals surface area contributed by atoms with Crippen LogP contribution in [0.3, 0.4) is 0 Å². The van der Waals surface area contributed by atoms with Gasteiger partial charge in [0.2, 0.25) is 17.7 Å². The molecule has 3 amide bonds. The Hall–Kier alpha value is -2.87. The molecule has 33 heavy (non-hydrogen) atoms. The number of hydrogen-bond acceptors (Lipinski definition) is 5. The number of carbonyl (C=O) groups is 3. The van der Waals surface area contributed by atoms with Crippen LogP contribution in [0, 0.1) is 23.7 Å². The zero-order valence-corrected chi connectivity index (χ0v) is 20.0. The van der Waals surface area contributed by atoms with Gasteiger partial charge in [0.25, 0.3) is 0 Å². The van der Waals surface area contributed by atoms with Gasteiger partial charge < -0.3 is 25.5 Å². The van der Waals surface area contributed by atoms with Crippen molar-refractivity contribution in [1.82, 2.24) is 10.2 Å². The van der Waals surface area contributed by atoms with Crippen LogP contribution >= 0.6 is 0 Å². The van der Waals surface area contributed by atoms with Crippen LogP contribution in [0.1, 0.15) is 27.2 Å². The second-order valence-electron chi connectivity index (χ2n) is 8.61. The summed E-state index contributed by atoms with van der Waals surface area (Å²) in [7, 11) is 1.57. The average Bonchev–Trinajstić information content (AvgIpc) is 3.11. The topological polar surface area (TPSA) is 102 Å². The van der Waals surface area contributed by atoms with Crippen molar-refractivity contribution in [3.63, 3.8) is 0 Å². The van der Waals surface area contributed by atoms with Gasteiger partial charge in [0, 0.05) is 44.0 Å². The Morgan fingerprint density at radius 2 is 1.73 bits per heavy atom. The van der Waals surface area contributed by atoms with Crippen LogP contribution in [0.15, 0.2) is 36.4 Å². The van der Waals surface area contributed by atoms with Gasteiger partial charge in [-0.15, -0.1) is 0 Å². The largest absolute Gasteiger partial charge is 0.395 e. The summed E-state index contributed by atoms with van der Waals surface area (Å²) in [6.07, 6.45) is 4.61. The SMILES string of the molecule is CC[C@@H]1C=C[C@H]2[C@H](C(=O)N(CCO)[C@@H]2C(=O)Nc2ccc(N(CC)CC)cc2)[C@@H]1C(=O)NC. The molecule has 0 unspecified atom stereocenters. The molecule has 0 saturated carbocycles. The Kier molecular flexibility index (Phi) is 8.13. The van der Waals surface area contributed by atoms with Crippen molar-refractivity contribution >= 4 is 29.1 Å². The van der Waals surface area contributed by atoms with Crippen molar-refractivity contribution < 1.29 is 19.5 Å². The molecule has 8 heteroatoms. The van der Waals surface area contributed by atoms with Crippen LogP contribution in [0.4, 0.5) is 11.4 Å². The van der Waals surface area contributed by atoms with Gasteiger partial charge in [0.05, 0.1) is 18.4 Å². The number of allylic oxidation sites excluding steroid dienone is 1. The molecule has 1 aliphatic heterocycles. The number of hydrogen-bond donors (Lipinski definition) is 3. The molecule has 2 aliphatic rings. The minimum atomic E-state index is -0.779. The van der Waals surface area contributed by atoms with Crippen LogP contribution in [-0.4, -0.2) is 67.1 Å². The van der Waals surface area contributed by atoms with Crippen LogP contribution in [0.2, 0.25) is 0 Å². The van der Waals surface area contributed by atoms with Crippen molar-refractivity contribution in [2.45, 2.75) is 33.2 Å². The zero-order chi connectivity index (χ0) is 24.1. The second-order valence-corrected chi connectivity index (χ2v) is 8.61. The molecule has 3 N–H and O–H groups in total. The molecule has 1 aromatic rings. The van der Waals surface area contributed by atoms with Gasteiger partial charge in [0.15, 0.2) is 0 Å². The molecule has 8 nitrogen and oxygen atoms in total. The Morgan fingerprint density at radius 3 is 2.27 bits per heavy atom. The predicted molar refractivity (Wildman–Crippen MR) is 129 cm³/mol. The summed E-state index contributed by atoms with van der Waals surface area (Å²) < 4.78 is 0. The van der Waals surface area contributed by atoms with Crippen LogP contribution < -0.4 is 15.5 Å². The Bertz CT molecular complexity index is 881. The van der Waals surface area contributed by atoms with Gasteiger partial charge in [-0.1, -0.05) is 19.1 Å². The van der Waals surface area contributed by atoms with E-state index in [0.29, 0.717) is 5.69 Å². The van der Waals surface area contributed by atoms with Gasteiger partial charge in [0.1, 0.15) is 6.04 Å². The normalized spacial score (nSPS) is 26.2. The monoisotopic (exact) mass is 456 g/mol. The van der Waals surface area contributed by atoms with Crippen molar-refractivity contribution in [2.75, 3.05) is 43.5 Å². The smallest absolute Gasteiger partial charge is 0.247 e. The number of likely N-dealkylation sites (tertiary alicyclic amines) is 1. The van der Waals surface area contributed by atoms with Gasteiger partial charge in [-0.2, -0.15) is 0 Å².